The molecule has 2 atom stereocenters. The van der Waals surface area contributed by atoms with Gasteiger partial charge in [-0.15, -0.1) is 0 Å². The summed E-state index contributed by atoms with van der Waals surface area (Å²) in [6.45, 7) is 5.18. The van der Waals surface area contributed by atoms with E-state index in [9.17, 15) is 0 Å². The Morgan fingerprint density at radius 1 is 1.08 bits per heavy atom. The standard InChI is InChI=1S/C20H23NO3/c1-14-2-4-15(5-3-14)18-8-9-21-11-16(18)12-22-17-6-7-19-20(10-17)24-13-23-19/h2-7,10,16,18,21H,8-9,11-13H2,1H3/t16?,18-/m0/s1. The summed E-state index contributed by atoms with van der Waals surface area (Å²) in [6.07, 6.45) is 1.15. The Morgan fingerprint density at radius 3 is 2.79 bits per heavy atom. The molecule has 0 spiro atoms. The minimum Gasteiger partial charge on any atom is -0.493 e. The van der Waals surface area contributed by atoms with Crippen molar-refractivity contribution in [3.05, 3.63) is 53.6 Å². The highest BCUT2D eigenvalue weighted by molar-refractivity contribution is 5.46. The molecule has 0 radical (unpaired) electrons. The molecule has 126 valence electrons. The number of nitrogens with one attached hydrogen (secondary N) is 1. The fraction of sp³-hybridized carbons (Fsp3) is 0.400. The summed E-state index contributed by atoms with van der Waals surface area (Å²) in [4.78, 5) is 0. The summed E-state index contributed by atoms with van der Waals surface area (Å²) < 4.78 is 16.8. The van der Waals surface area contributed by atoms with Crippen LogP contribution in [0.2, 0.25) is 0 Å². The van der Waals surface area contributed by atoms with Crippen LogP contribution in [0.25, 0.3) is 0 Å². The first kappa shape index (κ1) is 15.3. The maximum absolute atomic E-state index is 6.07. The average molecular weight is 325 g/mol. The Kier molecular flexibility index (Phi) is 4.30. The van der Waals surface area contributed by atoms with Gasteiger partial charge in [0.25, 0.3) is 0 Å². The van der Waals surface area contributed by atoms with Gasteiger partial charge in [0.1, 0.15) is 5.75 Å². The molecule has 2 heterocycles. The number of ether oxygens (including phenoxy) is 3. The molecule has 0 amide bonds. The molecule has 4 nitrogen and oxygen atoms in total. The van der Waals surface area contributed by atoms with Crippen molar-refractivity contribution in [2.75, 3.05) is 26.5 Å². The Hall–Kier alpha value is -2.20. The van der Waals surface area contributed by atoms with E-state index < -0.39 is 0 Å². The number of fused-ring (bicyclic) bond motifs is 1. The maximum Gasteiger partial charge on any atom is 0.231 e. The summed E-state index contributed by atoms with van der Waals surface area (Å²) in [6, 6.07) is 14.7. The topological polar surface area (TPSA) is 39.7 Å². The quantitative estimate of drug-likeness (QED) is 0.934. The third kappa shape index (κ3) is 3.20. The highest BCUT2D eigenvalue weighted by Crippen LogP contribution is 2.36. The average Bonchev–Trinajstić information content (AvgIpc) is 3.09. The second-order valence-electron chi connectivity index (χ2n) is 6.60. The molecule has 4 rings (SSSR count). The number of aryl methyl sites for hydroxylation is 1. The summed E-state index contributed by atoms with van der Waals surface area (Å²) in [7, 11) is 0. The summed E-state index contributed by atoms with van der Waals surface area (Å²) >= 11 is 0. The maximum atomic E-state index is 6.07. The van der Waals surface area contributed by atoms with Crippen molar-refractivity contribution in [3.8, 4) is 17.2 Å². The lowest BCUT2D eigenvalue weighted by Crippen LogP contribution is -2.38. The van der Waals surface area contributed by atoms with E-state index in [1.54, 1.807) is 0 Å². The number of piperidine rings is 1. The van der Waals surface area contributed by atoms with E-state index in [-0.39, 0.29) is 0 Å². The van der Waals surface area contributed by atoms with Gasteiger partial charge in [0.2, 0.25) is 6.79 Å². The molecule has 4 heteroatoms. The molecule has 1 fully saturated rings. The molecule has 1 N–H and O–H groups in total. The zero-order chi connectivity index (χ0) is 16.4. The Balaban J connectivity index is 1.44. The van der Waals surface area contributed by atoms with Gasteiger partial charge < -0.3 is 19.5 Å². The number of hydrogen-bond donors (Lipinski definition) is 1. The smallest absolute Gasteiger partial charge is 0.231 e. The van der Waals surface area contributed by atoms with Crippen molar-refractivity contribution in [2.45, 2.75) is 19.3 Å². The van der Waals surface area contributed by atoms with Gasteiger partial charge in [-0.3, -0.25) is 0 Å². The lowest BCUT2D eigenvalue weighted by molar-refractivity contribution is 0.173. The summed E-state index contributed by atoms with van der Waals surface area (Å²) in [5.74, 6) is 3.41. The van der Waals surface area contributed by atoms with Crippen LogP contribution in [0, 0.1) is 12.8 Å². The van der Waals surface area contributed by atoms with E-state index >= 15 is 0 Å². The van der Waals surface area contributed by atoms with Gasteiger partial charge in [-0.05, 0) is 43.5 Å². The van der Waals surface area contributed by atoms with E-state index in [0.717, 1.165) is 36.8 Å². The van der Waals surface area contributed by atoms with Gasteiger partial charge in [0, 0.05) is 18.5 Å². The normalized spacial score (nSPS) is 22.4. The third-order valence-corrected chi connectivity index (χ3v) is 4.92. The monoisotopic (exact) mass is 325 g/mol. The largest absolute Gasteiger partial charge is 0.493 e. The third-order valence-electron chi connectivity index (χ3n) is 4.92. The summed E-state index contributed by atoms with van der Waals surface area (Å²) in [5.41, 5.74) is 2.72. The van der Waals surface area contributed by atoms with E-state index in [0.29, 0.717) is 25.2 Å². The van der Waals surface area contributed by atoms with Gasteiger partial charge >= 0.3 is 0 Å². The first-order valence-electron chi connectivity index (χ1n) is 8.59. The van der Waals surface area contributed by atoms with Crippen LogP contribution in [0.5, 0.6) is 17.2 Å². The minimum absolute atomic E-state index is 0.292. The molecule has 0 aliphatic carbocycles. The number of rotatable bonds is 4. The van der Waals surface area contributed by atoms with Gasteiger partial charge in [0.15, 0.2) is 11.5 Å². The molecule has 1 saturated heterocycles. The van der Waals surface area contributed by atoms with Crippen molar-refractivity contribution in [1.29, 1.82) is 0 Å². The zero-order valence-corrected chi connectivity index (χ0v) is 14.0. The van der Waals surface area contributed by atoms with Crippen LogP contribution in [-0.4, -0.2) is 26.5 Å². The second-order valence-corrected chi connectivity index (χ2v) is 6.60. The molecule has 2 aliphatic rings. The fourth-order valence-electron chi connectivity index (χ4n) is 3.52. The van der Waals surface area contributed by atoms with E-state index in [2.05, 4.69) is 36.5 Å². The summed E-state index contributed by atoms with van der Waals surface area (Å²) in [5, 5.41) is 3.50. The van der Waals surface area contributed by atoms with Crippen LogP contribution in [0.1, 0.15) is 23.5 Å². The van der Waals surface area contributed by atoms with Crippen LogP contribution in [0.3, 0.4) is 0 Å². The molecule has 0 saturated carbocycles. The van der Waals surface area contributed by atoms with Crippen molar-refractivity contribution in [3.63, 3.8) is 0 Å². The molecule has 0 bridgehead atoms. The van der Waals surface area contributed by atoms with Crippen LogP contribution >= 0.6 is 0 Å². The van der Waals surface area contributed by atoms with Crippen molar-refractivity contribution in [1.82, 2.24) is 5.32 Å². The van der Waals surface area contributed by atoms with Crippen molar-refractivity contribution in [2.24, 2.45) is 5.92 Å². The highest BCUT2D eigenvalue weighted by atomic mass is 16.7. The molecule has 2 aromatic rings. The van der Waals surface area contributed by atoms with Gasteiger partial charge in [0.05, 0.1) is 6.61 Å². The predicted molar refractivity (Wildman–Crippen MR) is 93.0 cm³/mol. The Morgan fingerprint density at radius 2 is 1.92 bits per heavy atom. The van der Waals surface area contributed by atoms with Crippen LogP contribution < -0.4 is 19.5 Å². The van der Waals surface area contributed by atoms with Crippen molar-refractivity contribution < 1.29 is 14.2 Å². The van der Waals surface area contributed by atoms with E-state index in [4.69, 9.17) is 14.2 Å². The first-order chi connectivity index (χ1) is 11.8. The lowest BCUT2D eigenvalue weighted by atomic mass is 9.81. The van der Waals surface area contributed by atoms with Crippen molar-refractivity contribution >= 4 is 0 Å². The molecule has 0 aromatic heterocycles. The van der Waals surface area contributed by atoms with Crippen LogP contribution in [-0.2, 0) is 0 Å². The van der Waals surface area contributed by atoms with Gasteiger partial charge in [-0.1, -0.05) is 29.8 Å². The van der Waals surface area contributed by atoms with Gasteiger partial charge in [-0.2, -0.15) is 0 Å². The molecular weight excluding hydrogens is 302 g/mol. The molecule has 2 aromatic carbocycles. The van der Waals surface area contributed by atoms with E-state index in [1.165, 1.54) is 11.1 Å². The molecule has 1 unspecified atom stereocenters. The minimum atomic E-state index is 0.292. The fourth-order valence-corrected chi connectivity index (χ4v) is 3.52. The highest BCUT2D eigenvalue weighted by Gasteiger charge is 2.27. The Bertz CT molecular complexity index is 699. The molecule has 2 aliphatic heterocycles. The Labute approximate surface area is 142 Å². The van der Waals surface area contributed by atoms with Gasteiger partial charge in [-0.25, -0.2) is 0 Å². The molecular formula is C20H23NO3. The molecule has 24 heavy (non-hydrogen) atoms. The van der Waals surface area contributed by atoms with E-state index in [1.807, 2.05) is 18.2 Å². The lowest BCUT2D eigenvalue weighted by Gasteiger charge is -2.32. The second kappa shape index (κ2) is 6.73. The van der Waals surface area contributed by atoms with Crippen LogP contribution in [0.15, 0.2) is 42.5 Å². The number of hydrogen-bond acceptors (Lipinski definition) is 4. The number of benzene rings is 2. The first-order valence-corrected chi connectivity index (χ1v) is 8.59. The SMILES string of the molecule is Cc1ccc([C@@H]2CCNCC2COc2ccc3c(c2)OCO3)cc1. The predicted octanol–water partition coefficient (Wildman–Crippen LogP) is 3.50. The zero-order valence-electron chi connectivity index (χ0n) is 14.0. The van der Waals surface area contributed by atoms with Crippen LogP contribution in [0.4, 0.5) is 0 Å².